The Balaban J connectivity index is 2.46. The van der Waals surface area contributed by atoms with Gasteiger partial charge in [0.1, 0.15) is 6.61 Å². The quantitative estimate of drug-likeness (QED) is 0.728. The summed E-state index contributed by atoms with van der Waals surface area (Å²) in [5, 5.41) is 2.89. The van der Waals surface area contributed by atoms with Crippen molar-refractivity contribution in [1.82, 2.24) is 5.32 Å². The number of carbonyl (C=O) groups excluding carboxylic acids is 1. The van der Waals surface area contributed by atoms with Gasteiger partial charge in [-0.3, -0.25) is 4.79 Å². The standard InChI is InChI=1S/C13H20N2O2/c1-10-5-3-4-6-12(10)11(2)15-13(16)9-17-8-7-14/h3-6,11H,7-9,14H2,1-2H3,(H,15,16)/t11-/m0/s1. The van der Waals surface area contributed by atoms with E-state index in [2.05, 4.69) is 5.32 Å². The molecule has 0 unspecified atom stereocenters. The average molecular weight is 236 g/mol. The maximum absolute atomic E-state index is 11.5. The van der Waals surface area contributed by atoms with Crippen molar-refractivity contribution in [3.63, 3.8) is 0 Å². The molecule has 1 amide bonds. The van der Waals surface area contributed by atoms with Crippen LogP contribution in [0.15, 0.2) is 24.3 Å². The zero-order valence-electron chi connectivity index (χ0n) is 10.4. The van der Waals surface area contributed by atoms with E-state index in [4.69, 9.17) is 10.5 Å². The number of ether oxygens (including phenoxy) is 1. The van der Waals surface area contributed by atoms with Gasteiger partial charge in [-0.25, -0.2) is 0 Å². The van der Waals surface area contributed by atoms with Gasteiger partial charge in [0, 0.05) is 6.54 Å². The van der Waals surface area contributed by atoms with Crippen LogP contribution in [-0.2, 0) is 9.53 Å². The van der Waals surface area contributed by atoms with Gasteiger partial charge in [0.05, 0.1) is 12.6 Å². The first-order valence-electron chi connectivity index (χ1n) is 5.78. The van der Waals surface area contributed by atoms with E-state index in [1.54, 1.807) is 0 Å². The second-order valence-electron chi connectivity index (χ2n) is 3.99. The van der Waals surface area contributed by atoms with E-state index >= 15 is 0 Å². The monoisotopic (exact) mass is 236 g/mol. The molecule has 0 spiro atoms. The molecule has 0 bridgehead atoms. The summed E-state index contributed by atoms with van der Waals surface area (Å²) in [6.07, 6.45) is 0. The lowest BCUT2D eigenvalue weighted by Crippen LogP contribution is -2.31. The van der Waals surface area contributed by atoms with Crippen LogP contribution in [-0.4, -0.2) is 25.7 Å². The summed E-state index contributed by atoms with van der Waals surface area (Å²) >= 11 is 0. The predicted molar refractivity (Wildman–Crippen MR) is 67.6 cm³/mol. The van der Waals surface area contributed by atoms with E-state index in [-0.39, 0.29) is 18.6 Å². The first kappa shape index (κ1) is 13.7. The molecule has 17 heavy (non-hydrogen) atoms. The fraction of sp³-hybridized carbons (Fsp3) is 0.462. The highest BCUT2D eigenvalue weighted by Crippen LogP contribution is 2.16. The van der Waals surface area contributed by atoms with Gasteiger partial charge in [-0.15, -0.1) is 0 Å². The Labute approximate surface area is 102 Å². The molecule has 4 nitrogen and oxygen atoms in total. The normalized spacial score (nSPS) is 12.2. The summed E-state index contributed by atoms with van der Waals surface area (Å²) in [5.74, 6) is -0.116. The summed E-state index contributed by atoms with van der Waals surface area (Å²) in [4.78, 5) is 11.5. The Bertz CT molecular complexity index is 366. The average Bonchev–Trinajstić information content (AvgIpc) is 2.29. The number of rotatable bonds is 6. The van der Waals surface area contributed by atoms with Gasteiger partial charge in [0.2, 0.25) is 5.91 Å². The molecule has 0 aliphatic rings. The third kappa shape index (κ3) is 4.54. The van der Waals surface area contributed by atoms with Crippen LogP contribution in [0.25, 0.3) is 0 Å². The third-order valence-electron chi connectivity index (χ3n) is 2.53. The minimum atomic E-state index is -0.116. The second-order valence-corrected chi connectivity index (χ2v) is 3.99. The first-order valence-corrected chi connectivity index (χ1v) is 5.78. The molecular weight excluding hydrogens is 216 g/mol. The Hall–Kier alpha value is -1.39. The largest absolute Gasteiger partial charge is 0.370 e. The molecule has 1 aromatic carbocycles. The second kappa shape index (κ2) is 7.04. The Morgan fingerprint density at radius 1 is 1.47 bits per heavy atom. The van der Waals surface area contributed by atoms with Gasteiger partial charge in [0.25, 0.3) is 0 Å². The number of hydrogen-bond donors (Lipinski definition) is 2. The predicted octanol–water partition coefficient (Wildman–Crippen LogP) is 1.15. The van der Waals surface area contributed by atoms with E-state index in [0.29, 0.717) is 13.2 Å². The SMILES string of the molecule is Cc1ccccc1[C@H](C)NC(=O)COCCN. The van der Waals surface area contributed by atoms with Gasteiger partial charge < -0.3 is 15.8 Å². The summed E-state index contributed by atoms with van der Waals surface area (Å²) < 4.78 is 5.07. The smallest absolute Gasteiger partial charge is 0.246 e. The van der Waals surface area contributed by atoms with Crippen molar-refractivity contribution in [3.05, 3.63) is 35.4 Å². The van der Waals surface area contributed by atoms with Crippen LogP contribution in [0.1, 0.15) is 24.1 Å². The minimum absolute atomic E-state index is 0.00910. The lowest BCUT2D eigenvalue weighted by atomic mass is 10.0. The molecule has 4 heteroatoms. The van der Waals surface area contributed by atoms with Crippen molar-refractivity contribution >= 4 is 5.91 Å². The summed E-state index contributed by atoms with van der Waals surface area (Å²) in [6.45, 7) is 4.90. The number of benzene rings is 1. The maximum atomic E-state index is 11.5. The topological polar surface area (TPSA) is 64.3 Å². The molecule has 0 aliphatic carbocycles. The molecule has 3 N–H and O–H groups in total. The van der Waals surface area contributed by atoms with E-state index in [1.165, 1.54) is 5.56 Å². The van der Waals surface area contributed by atoms with E-state index in [0.717, 1.165) is 5.56 Å². The van der Waals surface area contributed by atoms with E-state index in [1.807, 2.05) is 38.1 Å². The molecule has 0 heterocycles. The van der Waals surface area contributed by atoms with Crippen molar-refractivity contribution < 1.29 is 9.53 Å². The van der Waals surface area contributed by atoms with Crippen LogP contribution in [0.3, 0.4) is 0 Å². The zero-order chi connectivity index (χ0) is 12.7. The van der Waals surface area contributed by atoms with Gasteiger partial charge in [-0.2, -0.15) is 0 Å². The van der Waals surface area contributed by atoms with Crippen molar-refractivity contribution in [2.45, 2.75) is 19.9 Å². The van der Waals surface area contributed by atoms with Crippen LogP contribution >= 0.6 is 0 Å². The number of aryl methyl sites for hydroxylation is 1. The van der Waals surface area contributed by atoms with E-state index in [9.17, 15) is 4.79 Å². The molecule has 1 aromatic rings. The number of hydrogen-bond acceptors (Lipinski definition) is 3. The highest BCUT2D eigenvalue weighted by molar-refractivity contribution is 5.77. The van der Waals surface area contributed by atoms with Crippen LogP contribution in [0, 0.1) is 6.92 Å². The molecule has 0 aromatic heterocycles. The summed E-state index contributed by atoms with van der Waals surface area (Å²) in [7, 11) is 0. The van der Waals surface area contributed by atoms with Crippen molar-refractivity contribution in [1.29, 1.82) is 0 Å². The van der Waals surface area contributed by atoms with Crippen molar-refractivity contribution in [3.8, 4) is 0 Å². The molecular formula is C13H20N2O2. The summed E-state index contributed by atoms with van der Waals surface area (Å²) in [5.41, 5.74) is 7.56. The Morgan fingerprint density at radius 3 is 2.82 bits per heavy atom. The fourth-order valence-corrected chi connectivity index (χ4v) is 1.68. The molecule has 0 radical (unpaired) electrons. The van der Waals surface area contributed by atoms with Crippen molar-refractivity contribution in [2.24, 2.45) is 5.73 Å². The maximum Gasteiger partial charge on any atom is 0.246 e. The third-order valence-corrected chi connectivity index (χ3v) is 2.53. The first-order chi connectivity index (χ1) is 8.15. The number of amides is 1. The molecule has 1 atom stereocenters. The molecule has 0 fully saturated rings. The Kier molecular flexibility index (Phi) is 5.66. The van der Waals surface area contributed by atoms with Crippen LogP contribution < -0.4 is 11.1 Å². The number of nitrogens with two attached hydrogens (primary N) is 1. The van der Waals surface area contributed by atoms with Gasteiger partial charge >= 0.3 is 0 Å². The lowest BCUT2D eigenvalue weighted by Gasteiger charge is -2.16. The molecule has 0 aliphatic heterocycles. The molecule has 0 saturated heterocycles. The number of carbonyl (C=O) groups is 1. The van der Waals surface area contributed by atoms with Gasteiger partial charge in [0.15, 0.2) is 0 Å². The van der Waals surface area contributed by atoms with Crippen LogP contribution in [0.4, 0.5) is 0 Å². The van der Waals surface area contributed by atoms with Crippen LogP contribution in [0.2, 0.25) is 0 Å². The molecule has 0 saturated carbocycles. The highest BCUT2D eigenvalue weighted by Gasteiger charge is 2.10. The summed E-state index contributed by atoms with van der Waals surface area (Å²) in [6, 6.07) is 7.99. The van der Waals surface area contributed by atoms with Gasteiger partial charge in [-0.1, -0.05) is 24.3 Å². The zero-order valence-corrected chi connectivity index (χ0v) is 10.4. The Morgan fingerprint density at radius 2 is 2.18 bits per heavy atom. The highest BCUT2D eigenvalue weighted by atomic mass is 16.5. The minimum Gasteiger partial charge on any atom is -0.370 e. The fourth-order valence-electron chi connectivity index (χ4n) is 1.68. The van der Waals surface area contributed by atoms with E-state index < -0.39 is 0 Å². The number of nitrogens with one attached hydrogen (secondary N) is 1. The van der Waals surface area contributed by atoms with Crippen LogP contribution in [0.5, 0.6) is 0 Å². The lowest BCUT2D eigenvalue weighted by molar-refractivity contribution is -0.126. The molecule has 94 valence electrons. The van der Waals surface area contributed by atoms with Crippen molar-refractivity contribution in [2.75, 3.05) is 19.8 Å². The van der Waals surface area contributed by atoms with Gasteiger partial charge in [-0.05, 0) is 25.0 Å². The molecule has 1 rings (SSSR count).